The molecule has 1 aliphatic carbocycles. The Morgan fingerprint density at radius 1 is 1.29 bits per heavy atom. The van der Waals surface area contributed by atoms with Crippen molar-refractivity contribution in [1.29, 1.82) is 0 Å². The third kappa shape index (κ3) is 2.09. The summed E-state index contributed by atoms with van der Waals surface area (Å²) in [5.41, 5.74) is 6.08. The van der Waals surface area contributed by atoms with Crippen molar-refractivity contribution in [3.8, 4) is 0 Å². The quantitative estimate of drug-likeness (QED) is 0.667. The van der Waals surface area contributed by atoms with Crippen LogP contribution in [0.15, 0.2) is 24.3 Å². The maximum atomic E-state index is 2.35. The summed E-state index contributed by atoms with van der Waals surface area (Å²) < 4.78 is 0. The molecule has 0 aromatic heterocycles. The highest BCUT2D eigenvalue weighted by atomic mass is 14.3. The number of hydrogen-bond acceptors (Lipinski definition) is 0. The summed E-state index contributed by atoms with van der Waals surface area (Å²) in [7, 11) is 0. The van der Waals surface area contributed by atoms with Gasteiger partial charge < -0.3 is 0 Å². The Morgan fingerprint density at radius 3 is 2.71 bits per heavy atom. The zero-order valence-corrected chi connectivity index (χ0v) is 11.4. The van der Waals surface area contributed by atoms with E-state index in [1.807, 2.05) is 0 Å². The van der Waals surface area contributed by atoms with E-state index in [0.29, 0.717) is 0 Å². The predicted octanol–water partition coefficient (Wildman–Crippen LogP) is 4.98. The van der Waals surface area contributed by atoms with Crippen molar-refractivity contribution in [2.75, 3.05) is 0 Å². The first-order valence-corrected chi connectivity index (χ1v) is 6.55. The Balaban J connectivity index is 2.73. The van der Waals surface area contributed by atoms with Crippen LogP contribution in [0.5, 0.6) is 0 Å². The van der Waals surface area contributed by atoms with Crippen LogP contribution < -0.4 is 0 Å². The number of hydrogen-bond donors (Lipinski definition) is 0. The average Bonchev–Trinajstić information content (AvgIpc) is 2.29. The predicted molar refractivity (Wildman–Crippen MR) is 77.2 cm³/mol. The summed E-state index contributed by atoms with van der Waals surface area (Å²) in [6, 6.07) is 4.55. The molecule has 1 aromatic carbocycles. The minimum absolute atomic E-state index is 0.254. The van der Waals surface area contributed by atoms with Crippen molar-refractivity contribution in [2.24, 2.45) is 0 Å². The lowest BCUT2D eigenvalue weighted by atomic mass is 9.72. The van der Waals surface area contributed by atoms with Gasteiger partial charge in [0, 0.05) is 0 Å². The molecule has 0 nitrogen and oxygen atoms in total. The van der Waals surface area contributed by atoms with Gasteiger partial charge in [-0.1, -0.05) is 57.2 Å². The molecule has 0 atom stereocenters. The van der Waals surface area contributed by atoms with E-state index in [9.17, 15) is 0 Å². The maximum Gasteiger partial charge on any atom is -0.00570 e. The molecule has 1 aromatic rings. The van der Waals surface area contributed by atoms with Crippen molar-refractivity contribution in [2.45, 2.75) is 46.0 Å². The molecule has 0 unspecified atom stereocenters. The van der Waals surface area contributed by atoms with Gasteiger partial charge in [-0.2, -0.15) is 0 Å². The highest BCUT2D eigenvalue weighted by molar-refractivity contribution is 5.70. The van der Waals surface area contributed by atoms with Gasteiger partial charge in [0.05, 0.1) is 0 Å². The van der Waals surface area contributed by atoms with Crippen LogP contribution in [-0.4, -0.2) is 0 Å². The molecular formula is C17H22. The molecule has 0 saturated carbocycles. The van der Waals surface area contributed by atoms with Gasteiger partial charge in [0.1, 0.15) is 0 Å². The minimum atomic E-state index is 0.254. The summed E-state index contributed by atoms with van der Waals surface area (Å²) in [4.78, 5) is 0. The first kappa shape index (κ1) is 12.2. The lowest BCUT2D eigenvalue weighted by molar-refractivity contribution is 0.527. The summed E-state index contributed by atoms with van der Waals surface area (Å²) in [5.74, 6) is 0. The second-order valence-corrected chi connectivity index (χ2v) is 5.45. The lowest BCUT2D eigenvalue weighted by Gasteiger charge is -2.32. The molecule has 1 aliphatic rings. The fraction of sp³-hybridized carbons (Fsp3) is 0.412. The summed E-state index contributed by atoms with van der Waals surface area (Å²) in [5, 5.41) is 0. The molecule has 0 amide bonds. The van der Waals surface area contributed by atoms with Gasteiger partial charge in [-0.25, -0.2) is 0 Å². The van der Waals surface area contributed by atoms with Crippen LogP contribution >= 0.6 is 0 Å². The van der Waals surface area contributed by atoms with Crippen LogP contribution in [0.1, 0.15) is 56.4 Å². The van der Waals surface area contributed by atoms with Crippen LogP contribution in [0.3, 0.4) is 0 Å². The normalized spacial score (nSPS) is 17.4. The molecule has 90 valence electrons. The minimum Gasteiger partial charge on any atom is -0.0870 e. The van der Waals surface area contributed by atoms with Gasteiger partial charge in [-0.15, -0.1) is 0 Å². The molecule has 2 rings (SSSR count). The topological polar surface area (TPSA) is 0 Å². The Kier molecular flexibility index (Phi) is 3.24. The van der Waals surface area contributed by atoms with Gasteiger partial charge in [0.2, 0.25) is 0 Å². The van der Waals surface area contributed by atoms with Crippen LogP contribution in [0, 0.1) is 0 Å². The molecule has 0 heteroatoms. The SMILES string of the molecule is C/C=C\c1c(CC)ccc2c1C(C)(C)CC=C2. The second kappa shape index (κ2) is 4.52. The smallest absolute Gasteiger partial charge is 0.00570 e. The van der Waals surface area contributed by atoms with Crippen LogP contribution in [-0.2, 0) is 11.8 Å². The molecule has 0 heterocycles. The molecule has 17 heavy (non-hydrogen) atoms. The van der Waals surface area contributed by atoms with Crippen molar-refractivity contribution in [3.05, 3.63) is 46.5 Å². The molecule has 0 radical (unpaired) electrons. The molecule has 0 saturated heterocycles. The number of benzene rings is 1. The van der Waals surface area contributed by atoms with Gasteiger partial charge in [0.15, 0.2) is 0 Å². The van der Waals surface area contributed by atoms with Crippen molar-refractivity contribution < 1.29 is 0 Å². The summed E-state index contributed by atoms with van der Waals surface area (Å²) in [6.45, 7) is 9.04. The molecule has 0 spiro atoms. The second-order valence-electron chi connectivity index (χ2n) is 5.45. The van der Waals surface area contributed by atoms with Crippen molar-refractivity contribution >= 4 is 12.2 Å². The number of aryl methyl sites for hydroxylation is 1. The average molecular weight is 226 g/mol. The fourth-order valence-electron chi connectivity index (χ4n) is 2.82. The van der Waals surface area contributed by atoms with E-state index in [4.69, 9.17) is 0 Å². The van der Waals surface area contributed by atoms with E-state index in [-0.39, 0.29) is 5.41 Å². The third-order valence-corrected chi connectivity index (χ3v) is 3.68. The third-order valence-electron chi connectivity index (χ3n) is 3.68. The molecule has 0 N–H and O–H groups in total. The van der Waals surface area contributed by atoms with E-state index in [1.54, 1.807) is 0 Å². The number of fused-ring (bicyclic) bond motifs is 1. The lowest BCUT2D eigenvalue weighted by Crippen LogP contribution is -2.22. The highest BCUT2D eigenvalue weighted by Crippen LogP contribution is 2.39. The number of allylic oxidation sites excluding steroid dienone is 2. The first-order chi connectivity index (χ1) is 8.10. The van der Waals surface area contributed by atoms with Gasteiger partial charge >= 0.3 is 0 Å². The molecular weight excluding hydrogens is 204 g/mol. The fourth-order valence-corrected chi connectivity index (χ4v) is 2.82. The van der Waals surface area contributed by atoms with E-state index < -0.39 is 0 Å². The largest absolute Gasteiger partial charge is 0.0870 e. The maximum absolute atomic E-state index is 2.35. The van der Waals surface area contributed by atoms with Gasteiger partial charge in [-0.3, -0.25) is 0 Å². The van der Waals surface area contributed by atoms with Crippen molar-refractivity contribution in [1.82, 2.24) is 0 Å². The highest BCUT2D eigenvalue weighted by Gasteiger charge is 2.27. The van der Waals surface area contributed by atoms with E-state index in [1.165, 1.54) is 22.3 Å². The Hall–Kier alpha value is -1.30. The summed E-state index contributed by atoms with van der Waals surface area (Å²) in [6.07, 6.45) is 11.2. The van der Waals surface area contributed by atoms with Gasteiger partial charge in [0.25, 0.3) is 0 Å². The van der Waals surface area contributed by atoms with Gasteiger partial charge in [-0.05, 0) is 47.4 Å². The Morgan fingerprint density at radius 2 is 2.06 bits per heavy atom. The van der Waals surface area contributed by atoms with Crippen LogP contribution in [0.2, 0.25) is 0 Å². The van der Waals surface area contributed by atoms with Crippen molar-refractivity contribution in [3.63, 3.8) is 0 Å². The zero-order chi connectivity index (χ0) is 12.5. The Bertz CT molecular complexity index is 473. The van der Waals surface area contributed by atoms with Crippen LogP contribution in [0.4, 0.5) is 0 Å². The number of rotatable bonds is 2. The van der Waals surface area contributed by atoms with E-state index in [2.05, 4.69) is 64.1 Å². The van der Waals surface area contributed by atoms with Crippen LogP contribution in [0.25, 0.3) is 12.2 Å². The molecule has 0 fully saturated rings. The standard InChI is InChI=1S/C17H22/c1-5-8-15-13(6-2)10-11-14-9-7-12-17(3,4)16(14)15/h5,7-11H,6,12H2,1-4H3/b8-5-. The monoisotopic (exact) mass is 226 g/mol. The van der Waals surface area contributed by atoms with E-state index in [0.717, 1.165) is 12.8 Å². The first-order valence-electron chi connectivity index (χ1n) is 6.55. The Labute approximate surface area is 105 Å². The molecule has 0 bridgehead atoms. The zero-order valence-electron chi connectivity index (χ0n) is 11.4. The summed E-state index contributed by atoms with van der Waals surface area (Å²) >= 11 is 0. The molecule has 0 aliphatic heterocycles. The van der Waals surface area contributed by atoms with E-state index >= 15 is 0 Å².